The van der Waals surface area contributed by atoms with Crippen LogP contribution >= 0.6 is 15.9 Å². The molecule has 0 unspecified atom stereocenters. The molecule has 2 rings (SSSR count). The first-order chi connectivity index (χ1) is 9.45. The zero-order valence-electron chi connectivity index (χ0n) is 12.1. The van der Waals surface area contributed by atoms with Crippen LogP contribution in [0.25, 0.3) is 0 Å². The Balaban J connectivity index is 2.13. The fourth-order valence-electron chi connectivity index (χ4n) is 2.77. The van der Waals surface area contributed by atoms with Gasteiger partial charge in [-0.3, -0.25) is 0 Å². The first-order valence-electron chi connectivity index (χ1n) is 7.21. The van der Waals surface area contributed by atoms with Gasteiger partial charge in [0.2, 0.25) is 10.0 Å². The second-order valence-corrected chi connectivity index (χ2v) is 8.34. The maximum atomic E-state index is 12.6. The standard InChI is InChI=1S/C15H22BrNO2S/c1-3-4-13-7-9-17(10-8-13)20(18,19)14-5-6-15(16)12(2)11-14/h5-6,11,13H,3-4,7-10H2,1-2H3. The number of nitrogens with zero attached hydrogens (tertiary/aromatic N) is 1. The molecule has 0 amide bonds. The van der Waals surface area contributed by atoms with Gasteiger partial charge in [0.15, 0.2) is 0 Å². The summed E-state index contributed by atoms with van der Waals surface area (Å²) in [6.45, 7) is 5.41. The van der Waals surface area contributed by atoms with E-state index in [1.165, 1.54) is 12.8 Å². The molecule has 1 aliphatic heterocycles. The fourth-order valence-corrected chi connectivity index (χ4v) is 4.58. The van der Waals surface area contributed by atoms with Crippen LogP contribution in [0.15, 0.2) is 27.6 Å². The number of hydrogen-bond donors (Lipinski definition) is 0. The van der Waals surface area contributed by atoms with E-state index in [2.05, 4.69) is 22.9 Å². The summed E-state index contributed by atoms with van der Waals surface area (Å²) in [5.74, 6) is 0.693. The maximum absolute atomic E-state index is 12.6. The molecule has 0 atom stereocenters. The number of sulfonamides is 1. The Labute approximate surface area is 130 Å². The predicted octanol–water partition coefficient (Wildman–Crippen LogP) is 3.96. The molecule has 0 radical (unpaired) electrons. The first kappa shape index (κ1) is 16.0. The van der Waals surface area contributed by atoms with Crippen LogP contribution in [-0.2, 0) is 10.0 Å². The summed E-state index contributed by atoms with van der Waals surface area (Å²) in [7, 11) is -3.33. The van der Waals surface area contributed by atoms with E-state index in [1.54, 1.807) is 16.4 Å². The lowest BCUT2D eigenvalue weighted by Gasteiger charge is -2.31. The van der Waals surface area contributed by atoms with Gasteiger partial charge in [-0.2, -0.15) is 4.31 Å². The highest BCUT2D eigenvalue weighted by Gasteiger charge is 2.29. The number of benzene rings is 1. The zero-order valence-corrected chi connectivity index (χ0v) is 14.5. The van der Waals surface area contributed by atoms with Crippen molar-refractivity contribution >= 4 is 26.0 Å². The molecule has 20 heavy (non-hydrogen) atoms. The largest absolute Gasteiger partial charge is 0.243 e. The van der Waals surface area contributed by atoms with Gasteiger partial charge in [-0.05, 0) is 49.4 Å². The van der Waals surface area contributed by atoms with Crippen LogP contribution in [0.4, 0.5) is 0 Å². The Hall–Kier alpha value is -0.390. The van der Waals surface area contributed by atoms with Gasteiger partial charge in [0.25, 0.3) is 0 Å². The normalized spacial score (nSPS) is 18.4. The molecule has 0 N–H and O–H groups in total. The molecule has 1 aromatic rings. The smallest absolute Gasteiger partial charge is 0.207 e. The number of rotatable bonds is 4. The molecule has 0 saturated carbocycles. The van der Waals surface area contributed by atoms with Gasteiger partial charge in [0.05, 0.1) is 4.90 Å². The van der Waals surface area contributed by atoms with Crippen molar-refractivity contribution in [2.24, 2.45) is 5.92 Å². The van der Waals surface area contributed by atoms with Gasteiger partial charge in [-0.1, -0.05) is 35.7 Å². The molecule has 1 aromatic carbocycles. The average molecular weight is 360 g/mol. The zero-order chi connectivity index (χ0) is 14.8. The van der Waals surface area contributed by atoms with E-state index in [9.17, 15) is 8.42 Å². The fraction of sp³-hybridized carbons (Fsp3) is 0.600. The Morgan fingerprint density at radius 1 is 1.30 bits per heavy atom. The van der Waals surface area contributed by atoms with Crippen molar-refractivity contribution in [3.8, 4) is 0 Å². The van der Waals surface area contributed by atoms with E-state index in [0.717, 1.165) is 22.9 Å². The number of halogens is 1. The summed E-state index contributed by atoms with van der Waals surface area (Å²) >= 11 is 3.41. The molecule has 0 spiro atoms. The van der Waals surface area contributed by atoms with Gasteiger partial charge < -0.3 is 0 Å². The highest BCUT2D eigenvalue weighted by atomic mass is 79.9. The van der Waals surface area contributed by atoms with Gasteiger partial charge in [-0.25, -0.2) is 8.42 Å². The van der Waals surface area contributed by atoms with E-state index >= 15 is 0 Å². The second kappa shape index (κ2) is 6.58. The topological polar surface area (TPSA) is 37.4 Å². The van der Waals surface area contributed by atoms with Crippen molar-refractivity contribution < 1.29 is 8.42 Å². The van der Waals surface area contributed by atoms with Crippen LogP contribution in [0.1, 0.15) is 38.2 Å². The molecular formula is C15H22BrNO2S. The van der Waals surface area contributed by atoms with Crippen LogP contribution < -0.4 is 0 Å². The van der Waals surface area contributed by atoms with Crippen molar-refractivity contribution in [2.75, 3.05) is 13.1 Å². The van der Waals surface area contributed by atoms with Crippen LogP contribution in [-0.4, -0.2) is 25.8 Å². The quantitative estimate of drug-likeness (QED) is 0.815. The minimum absolute atomic E-state index is 0.409. The van der Waals surface area contributed by atoms with Crippen LogP contribution in [0.2, 0.25) is 0 Å². The lowest BCUT2D eigenvalue weighted by atomic mass is 9.94. The summed E-state index contributed by atoms with van der Waals surface area (Å²) in [4.78, 5) is 0.409. The monoisotopic (exact) mass is 359 g/mol. The van der Waals surface area contributed by atoms with Crippen LogP contribution in [0, 0.1) is 12.8 Å². The molecule has 0 aromatic heterocycles. The van der Waals surface area contributed by atoms with E-state index in [0.29, 0.717) is 23.9 Å². The SMILES string of the molecule is CCCC1CCN(S(=O)(=O)c2ccc(Br)c(C)c2)CC1. The van der Waals surface area contributed by atoms with Crippen LogP contribution in [0.5, 0.6) is 0 Å². The summed E-state index contributed by atoms with van der Waals surface area (Å²) in [6.07, 6.45) is 4.37. The molecule has 112 valence electrons. The van der Waals surface area contributed by atoms with E-state index in [1.807, 2.05) is 13.0 Å². The molecule has 1 aliphatic rings. The summed E-state index contributed by atoms with van der Waals surface area (Å²) < 4.78 is 27.8. The highest BCUT2D eigenvalue weighted by molar-refractivity contribution is 9.10. The number of hydrogen-bond acceptors (Lipinski definition) is 2. The molecule has 1 fully saturated rings. The van der Waals surface area contributed by atoms with Crippen molar-refractivity contribution in [3.63, 3.8) is 0 Å². The molecule has 0 bridgehead atoms. The Morgan fingerprint density at radius 3 is 2.50 bits per heavy atom. The van der Waals surface area contributed by atoms with E-state index < -0.39 is 10.0 Å². The van der Waals surface area contributed by atoms with Crippen molar-refractivity contribution in [1.29, 1.82) is 0 Å². The predicted molar refractivity (Wildman–Crippen MR) is 85.3 cm³/mol. The third kappa shape index (κ3) is 3.43. The lowest BCUT2D eigenvalue weighted by Crippen LogP contribution is -2.38. The molecule has 3 nitrogen and oxygen atoms in total. The van der Waals surface area contributed by atoms with Gasteiger partial charge >= 0.3 is 0 Å². The van der Waals surface area contributed by atoms with E-state index in [-0.39, 0.29) is 0 Å². The van der Waals surface area contributed by atoms with E-state index in [4.69, 9.17) is 0 Å². The molecule has 1 heterocycles. The maximum Gasteiger partial charge on any atom is 0.243 e. The van der Waals surface area contributed by atoms with Crippen LogP contribution in [0.3, 0.4) is 0 Å². The van der Waals surface area contributed by atoms with Crippen molar-refractivity contribution in [1.82, 2.24) is 4.31 Å². The molecular weight excluding hydrogens is 338 g/mol. The second-order valence-electron chi connectivity index (χ2n) is 5.55. The van der Waals surface area contributed by atoms with Gasteiger partial charge in [-0.15, -0.1) is 0 Å². The Kier molecular flexibility index (Phi) is 5.26. The van der Waals surface area contributed by atoms with Crippen molar-refractivity contribution in [3.05, 3.63) is 28.2 Å². The molecule has 0 aliphatic carbocycles. The Morgan fingerprint density at radius 2 is 1.95 bits per heavy atom. The minimum atomic E-state index is -3.33. The number of aryl methyl sites for hydroxylation is 1. The number of piperidine rings is 1. The third-order valence-corrected chi connectivity index (χ3v) is 6.82. The van der Waals surface area contributed by atoms with Gasteiger partial charge in [0.1, 0.15) is 0 Å². The van der Waals surface area contributed by atoms with Gasteiger partial charge in [0, 0.05) is 17.6 Å². The van der Waals surface area contributed by atoms with Crippen molar-refractivity contribution in [2.45, 2.75) is 44.4 Å². The summed E-state index contributed by atoms with van der Waals surface area (Å²) in [5.41, 5.74) is 0.951. The summed E-state index contributed by atoms with van der Waals surface area (Å²) in [6, 6.07) is 5.24. The minimum Gasteiger partial charge on any atom is -0.207 e. The highest BCUT2D eigenvalue weighted by Crippen LogP contribution is 2.28. The average Bonchev–Trinajstić information content (AvgIpc) is 2.43. The molecule has 5 heteroatoms. The first-order valence-corrected chi connectivity index (χ1v) is 9.44. The Bertz CT molecular complexity index is 563. The lowest BCUT2D eigenvalue weighted by molar-refractivity contribution is 0.262. The third-order valence-electron chi connectivity index (χ3n) is 4.04. The summed E-state index contributed by atoms with van der Waals surface area (Å²) in [5, 5.41) is 0. The molecule has 1 saturated heterocycles.